The lowest BCUT2D eigenvalue weighted by Crippen LogP contribution is -2.02. The quantitative estimate of drug-likeness (QED) is 0.673. The van der Waals surface area contributed by atoms with Gasteiger partial charge in [0.15, 0.2) is 0 Å². The number of carboxylic acids is 1. The van der Waals surface area contributed by atoms with Crippen molar-refractivity contribution in [2.75, 3.05) is 14.2 Å². The number of non-ortho nitro benzene ring substituents is 1. The molecule has 0 spiro atoms. The Morgan fingerprint density at radius 3 is 2.36 bits per heavy atom. The predicted octanol–water partition coefficient (Wildman–Crippen LogP) is 2.98. The van der Waals surface area contributed by atoms with Crippen molar-refractivity contribution in [2.45, 2.75) is 0 Å². The molecule has 2 aromatic rings. The highest BCUT2D eigenvalue weighted by Crippen LogP contribution is 2.36. The van der Waals surface area contributed by atoms with E-state index in [2.05, 4.69) is 0 Å². The van der Waals surface area contributed by atoms with Gasteiger partial charge >= 0.3 is 5.97 Å². The van der Waals surface area contributed by atoms with E-state index in [1.165, 1.54) is 26.4 Å². The van der Waals surface area contributed by atoms with Gasteiger partial charge in [0.2, 0.25) is 0 Å². The van der Waals surface area contributed by atoms with Gasteiger partial charge in [0.05, 0.1) is 24.7 Å². The molecule has 0 atom stereocenters. The maximum absolute atomic E-state index is 11.4. The summed E-state index contributed by atoms with van der Waals surface area (Å²) in [5.41, 5.74) is 0.326. The van der Waals surface area contributed by atoms with E-state index in [1.54, 1.807) is 18.2 Å². The molecule has 0 amide bonds. The highest BCUT2D eigenvalue weighted by molar-refractivity contribution is 5.98. The van der Waals surface area contributed by atoms with Gasteiger partial charge in [0.25, 0.3) is 5.69 Å². The van der Waals surface area contributed by atoms with Gasteiger partial charge in [0, 0.05) is 23.3 Å². The lowest BCUT2D eigenvalue weighted by Gasteiger charge is -2.12. The zero-order valence-electron chi connectivity index (χ0n) is 11.9. The SMILES string of the molecule is COc1ccc(OC)c(-c2ccc([N+](=O)[O-])cc2C(=O)O)c1. The minimum Gasteiger partial charge on any atom is -0.497 e. The summed E-state index contributed by atoms with van der Waals surface area (Å²) < 4.78 is 10.4. The van der Waals surface area contributed by atoms with Crippen molar-refractivity contribution in [3.05, 3.63) is 52.1 Å². The minimum absolute atomic E-state index is 0.180. The molecule has 22 heavy (non-hydrogen) atoms. The van der Waals surface area contributed by atoms with E-state index in [4.69, 9.17) is 9.47 Å². The van der Waals surface area contributed by atoms with Crippen molar-refractivity contribution in [1.82, 2.24) is 0 Å². The molecule has 7 nitrogen and oxygen atoms in total. The summed E-state index contributed by atoms with van der Waals surface area (Å²) in [5, 5.41) is 20.1. The van der Waals surface area contributed by atoms with Crippen LogP contribution in [0, 0.1) is 10.1 Å². The second-order valence-corrected chi connectivity index (χ2v) is 4.36. The zero-order chi connectivity index (χ0) is 16.3. The molecule has 0 saturated heterocycles. The number of carbonyl (C=O) groups is 1. The molecule has 1 N–H and O–H groups in total. The molecule has 0 saturated carbocycles. The molecule has 0 unspecified atom stereocenters. The Morgan fingerprint density at radius 1 is 1.09 bits per heavy atom. The molecule has 0 aliphatic heterocycles. The summed E-state index contributed by atoms with van der Waals surface area (Å²) in [6.07, 6.45) is 0. The van der Waals surface area contributed by atoms with Gasteiger partial charge in [-0.05, 0) is 24.3 Å². The third-order valence-corrected chi connectivity index (χ3v) is 3.14. The Bertz CT molecular complexity index is 741. The van der Waals surface area contributed by atoms with E-state index >= 15 is 0 Å². The summed E-state index contributed by atoms with van der Waals surface area (Å²) in [4.78, 5) is 21.6. The van der Waals surface area contributed by atoms with Crippen LogP contribution < -0.4 is 9.47 Å². The van der Waals surface area contributed by atoms with Crippen LogP contribution in [0.25, 0.3) is 11.1 Å². The molecule has 0 aromatic heterocycles. The number of methoxy groups -OCH3 is 2. The van der Waals surface area contributed by atoms with Gasteiger partial charge in [-0.15, -0.1) is 0 Å². The highest BCUT2D eigenvalue weighted by Gasteiger charge is 2.19. The van der Waals surface area contributed by atoms with Gasteiger partial charge in [-0.25, -0.2) is 4.79 Å². The molecule has 7 heteroatoms. The van der Waals surface area contributed by atoms with Crippen LogP contribution in [0.2, 0.25) is 0 Å². The molecule has 0 aliphatic rings. The van der Waals surface area contributed by atoms with Crippen LogP contribution in [0.15, 0.2) is 36.4 Å². The number of nitro benzene ring substituents is 1. The van der Waals surface area contributed by atoms with Crippen molar-refractivity contribution in [3.63, 3.8) is 0 Å². The number of hydrogen-bond acceptors (Lipinski definition) is 5. The van der Waals surface area contributed by atoms with E-state index in [9.17, 15) is 20.0 Å². The highest BCUT2D eigenvalue weighted by atomic mass is 16.6. The predicted molar refractivity (Wildman–Crippen MR) is 78.6 cm³/mol. The number of benzene rings is 2. The largest absolute Gasteiger partial charge is 0.497 e. The molecule has 2 rings (SSSR count). The summed E-state index contributed by atoms with van der Waals surface area (Å²) in [7, 11) is 2.94. The van der Waals surface area contributed by atoms with E-state index < -0.39 is 10.9 Å². The molecule has 0 bridgehead atoms. The van der Waals surface area contributed by atoms with Crippen molar-refractivity contribution in [1.29, 1.82) is 0 Å². The van der Waals surface area contributed by atoms with Crippen molar-refractivity contribution in [3.8, 4) is 22.6 Å². The smallest absolute Gasteiger partial charge is 0.336 e. The van der Waals surface area contributed by atoms with Crippen molar-refractivity contribution < 1.29 is 24.3 Å². The van der Waals surface area contributed by atoms with Crippen LogP contribution in [0.5, 0.6) is 11.5 Å². The van der Waals surface area contributed by atoms with Gasteiger partial charge in [-0.2, -0.15) is 0 Å². The van der Waals surface area contributed by atoms with Gasteiger partial charge in [-0.3, -0.25) is 10.1 Å². The molecule has 114 valence electrons. The summed E-state index contributed by atoms with van der Waals surface area (Å²) >= 11 is 0. The maximum atomic E-state index is 11.4. The van der Waals surface area contributed by atoms with Crippen LogP contribution in [-0.4, -0.2) is 30.2 Å². The first-order chi connectivity index (χ1) is 10.5. The third kappa shape index (κ3) is 2.83. The molecule has 0 radical (unpaired) electrons. The van der Waals surface area contributed by atoms with E-state index in [-0.39, 0.29) is 11.3 Å². The Kier molecular flexibility index (Phi) is 4.26. The fraction of sp³-hybridized carbons (Fsp3) is 0.133. The number of hydrogen-bond donors (Lipinski definition) is 1. The lowest BCUT2D eigenvalue weighted by molar-refractivity contribution is -0.384. The number of carboxylic acid groups (broad SMARTS) is 1. The minimum atomic E-state index is -1.26. The van der Waals surface area contributed by atoms with Crippen molar-refractivity contribution in [2.24, 2.45) is 0 Å². The van der Waals surface area contributed by atoms with Gasteiger partial charge in [0.1, 0.15) is 11.5 Å². The lowest BCUT2D eigenvalue weighted by atomic mass is 9.98. The van der Waals surface area contributed by atoms with Crippen LogP contribution >= 0.6 is 0 Å². The zero-order valence-corrected chi connectivity index (χ0v) is 11.9. The van der Waals surface area contributed by atoms with E-state index in [0.29, 0.717) is 22.6 Å². The Hall–Kier alpha value is -3.09. The molecule has 0 aliphatic carbocycles. The molecular weight excluding hydrogens is 290 g/mol. The Labute approximate surface area is 125 Å². The van der Waals surface area contributed by atoms with E-state index in [1.807, 2.05) is 0 Å². The van der Waals surface area contributed by atoms with Crippen molar-refractivity contribution >= 4 is 11.7 Å². The third-order valence-electron chi connectivity index (χ3n) is 3.14. The first-order valence-corrected chi connectivity index (χ1v) is 6.22. The Balaban J connectivity index is 2.71. The first-order valence-electron chi connectivity index (χ1n) is 6.22. The number of nitro groups is 1. The fourth-order valence-corrected chi connectivity index (χ4v) is 2.08. The van der Waals surface area contributed by atoms with Crippen LogP contribution in [0.4, 0.5) is 5.69 Å². The van der Waals surface area contributed by atoms with Gasteiger partial charge in [-0.1, -0.05) is 0 Å². The van der Waals surface area contributed by atoms with Crippen LogP contribution in [0.3, 0.4) is 0 Å². The second kappa shape index (κ2) is 6.13. The summed E-state index contributed by atoms with van der Waals surface area (Å²) in [5.74, 6) is -0.300. The molecule has 2 aromatic carbocycles. The Morgan fingerprint density at radius 2 is 1.82 bits per heavy atom. The topological polar surface area (TPSA) is 98.9 Å². The second-order valence-electron chi connectivity index (χ2n) is 4.36. The summed E-state index contributed by atoms with van der Waals surface area (Å²) in [6, 6.07) is 8.60. The standard InChI is InChI=1S/C15H13NO6/c1-21-10-4-6-14(22-2)12(8-10)11-5-3-9(16(19)20)7-13(11)15(17)18/h3-8H,1-2H3,(H,17,18). The number of aromatic carboxylic acids is 1. The molecule has 0 fully saturated rings. The average Bonchev–Trinajstić information content (AvgIpc) is 2.53. The molecular formula is C15H13NO6. The number of rotatable bonds is 5. The number of nitrogens with zero attached hydrogens (tertiary/aromatic N) is 1. The van der Waals surface area contributed by atoms with Crippen LogP contribution in [0.1, 0.15) is 10.4 Å². The maximum Gasteiger partial charge on any atom is 0.336 e. The average molecular weight is 303 g/mol. The summed E-state index contributed by atoms with van der Waals surface area (Å²) in [6.45, 7) is 0. The fourth-order valence-electron chi connectivity index (χ4n) is 2.08. The number of ether oxygens (including phenoxy) is 2. The van der Waals surface area contributed by atoms with Crippen LogP contribution in [-0.2, 0) is 0 Å². The van der Waals surface area contributed by atoms with Gasteiger partial charge < -0.3 is 14.6 Å². The molecule has 0 heterocycles. The monoisotopic (exact) mass is 303 g/mol. The normalized spacial score (nSPS) is 10.1. The van der Waals surface area contributed by atoms with E-state index in [0.717, 1.165) is 6.07 Å². The first kappa shape index (κ1) is 15.3.